The van der Waals surface area contributed by atoms with Crippen LogP contribution in [0.2, 0.25) is 0 Å². The summed E-state index contributed by atoms with van der Waals surface area (Å²) >= 11 is 3.92. The molecule has 1 aliphatic heterocycles. The van der Waals surface area contributed by atoms with E-state index >= 15 is 0 Å². The molecule has 1 heterocycles. The predicted octanol–water partition coefficient (Wildman–Crippen LogP) is 3.38. The number of nitrogens with one attached hydrogen (secondary N) is 1. The van der Waals surface area contributed by atoms with Crippen LogP contribution in [0.3, 0.4) is 0 Å². The number of imide groups is 1. The van der Waals surface area contributed by atoms with Crippen molar-refractivity contribution < 1.29 is 36.5 Å². The Bertz CT molecular complexity index is 1310. The molecule has 0 saturated carbocycles. The van der Waals surface area contributed by atoms with Crippen LogP contribution in [0.15, 0.2) is 56.7 Å². The number of ether oxygens (including phenoxy) is 1. The number of benzene rings is 2. The number of amides is 3. The zero-order valence-corrected chi connectivity index (χ0v) is 21.0. The SMILES string of the molecule is COC(=O)CN1C(=O)S/C(=C\c2ccc(OS(=O)(=O)c3ccc(NC(C)=O)cc3)c(Br)c2)C1=O. The molecule has 0 aliphatic carbocycles. The Morgan fingerprint density at radius 3 is 2.41 bits per heavy atom. The third kappa shape index (κ3) is 6.04. The first kappa shape index (κ1) is 25.5. The van der Waals surface area contributed by atoms with E-state index in [4.69, 9.17) is 4.18 Å². The summed E-state index contributed by atoms with van der Waals surface area (Å²) in [5.74, 6) is -1.65. The first-order valence-corrected chi connectivity index (χ1v) is 12.5. The quantitative estimate of drug-likeness (QED) is 0.302. The summed E-state index contributed by atoms with van der Waals surface area (Å²) in [6, 6.07) is 9.87. The Morgan fingerprint density at radius 1 is 1.15 bits per heavy atom. The summed E-state index contributed by atoms with van der Waals surface area (Å²) in [6.07, 6.45) is 1.44. The minimum absolute atomic E-state index is 0.00174. The summed E-state index contributed by atoms with van der Waals surface area (Å²) in [5, 5.41) is 1.94. The van der Waals surface area contributed by atoms with Crippen molar-refractivity contribution in [2.45, 2.75) is 11.8 Å². The van der Waals surface area contributed by atoms with Gasteiger partial charge in [0.1, 0.15) is 11.4 Å². The fourth-order valence-corrected chi connectivity index (χ4v) is 5.10. The Kier molecular flexibility index (Phi) is 7.79. The highest BCUT2D eigenvalue weighted by Gasteiger charge is 2.36. The second-order valence-corrected chi connectivity index (χ2v) is 10.2. The highest BCUT2D eigenvalue weighted by molar-refractivity contribution is 9.10. The molecule has 178 valence electrons. The monoisotopic (exact) mass is 568 g/mol. The van der Waals surface area contributed by atoms with E-state index in [1.807, 2.05) is 0 Å². The highest BCUT2D eigenvalue weighted by Crippen LogP contribution is 2.34. The van der Waals surface area contributed by atoms with Gasteiger partial charge in [-0.2, -0.15) is 8.42 Å². The molecule has 1 saturated heterocycles. The summed E-state index contributed by atoms with van der Waals surface area (Å²) in [5.41, 5.74) is 0.924. The molecule has 0 radical (unpaired) electrons. The summed E-state index contributed by atoms with van der Waals surface area (Å²) in [7, 11) is -3.01. The van der Waals surface area contributed by atoms with Gasteiger partial charge in [-0.15, -0.1) is 0 Å². The second-order valence-electron chi connectivity index (χ2n) is 6.78. The molecule has 0 spiro atoms. The summed E-state index contributed by atoms with van der Waals surface area (Å²) in [6.45, 7) is 0.848. The van der Waals surface area contributed by atoms with Gasteiger partial charge in [0.2, 0.25) is 5.91 Å². The number of carbonyl (C=O) groups is 4. The second kappa shape index (κ2) is 10.4. The fourth-order valence-electron chi connectivity index (χ4n) is 2.73. The van der Waals surface area contributed by atoms with E-state index in [1.165, 1.54) is 55.5 Å². The van der Waals surface area contributed by atoms with Crippen LogP contribution < -0.4 is 9.50 Å². The number of anilines is 1. The number of nitrogens with zero attached hydrogens (tertiary/aromatic N) is 1. The molecule has 34 heavy (non-hydrogen) atoms. The minimum Gasteiger partial charge on any atom is -0.468 e. The van der Waals surface area contributed by atoms with Crippen molar-refractivity contribution in [3.8, 4) is 5.75 Å². The lowest BCUT2D eigenvalue weighted by molar-refractivity contribution is -0.143. The van der Waals surface area contributed by atoms with Gasteiger partial charge in [0.25, 0.3) is 11.1 Å². The molecular weight excluding hydrogens is 552 g/mol. The summed E-state index contributed by atoms with van der Waals surface area (Å²) < 4.78 is 35.2. The lowest BCUT2D eigenvalue weighted by atomic mass is 10.2. The molecule has 1 N–H and O–H groups in total. The number of halogens is 1. The molecule has 2 aromatic rings. The van der Waals surface area contributed by atoms with Gasteiger partial charge in [-0.1, -0.05) is 6.07 Å². The van der Waals surface area contributed by atoms with Gasteiger partial charge in [-0.25, -0.2) is 0 Å². The van der Waals surface area contributed by atoms with Crippen LogP contribution in [0.25, 0.3) is 6.08 Å². The van der Waals surface area contributed by atoms with Crippen LogP contribution in [0.5, 0.6) is 5.75 Å². The van der Waals surface area contributed by atoms with E-state index in [0.29, 0.717) is 23.0 Å². The Balaban J connectivity index is 1.76. The van der Waals surface area contributed by atoms with Crippen LogP contribution in [0, 0.1) is 0 Å². The van der Waals surface area contributed by atoms with Gasteiger partial charge in [-0.3, -0.25) is 24.1 Å². The normalized spacial score (nSPS) is 14.9. The maximum atomic E-state index is 12.6. The Morgan fingerprint density at radius 2 is 1.82 bits per heavy atom. The zero-order valence-electron chi connectivity index (χ0n) is 17.7. The first-order valence-electron chi connectivity index (χ1n) is 9.44. The first-order chi connectivity index (χ1) is 16.0. The maximum Gasteiger partial charge on any atom is 0.339 e. The molecule has 0 aromatic heterocycles. The number of thioether (sulfide) groups is 1. The average molecular weight is 569 g/mol. The van der Waals surface area contributed by atoms with Crippen LogP contribution in [-0.4, -0.2) is 50.0 Å². The van der Waals surface area contributed by atoms with Gasteiger partial charge in [0.05, 0.1) is 16.5 Å². The third-order valence-electron chi connectivity index (χ3n) is 4.31. The largest absolute Gasteiger partial charge is 0.468 e. The van der Waals surface area contributed by atoms with Crippen molar-refractivity contribution in [3.05, 3.63) is 57.4 Å². The third-order valence-corrected chi connectivity index (χ3v) is 7.08. The minimum atomic E-state index is -4.17. The van der Waals surface area contributed by atoms with Crippen molar-refractivity contribution >= 4 is 72.6 Å². The van der Waals surface area contributed by atoms with Gasteiger partial charge in [0, 0.05) is 12.6 Å². The predicted molar refractivity (Wildman–Crippen MR) is 127 cm³/mol. The van der Waals surface area contributed by atoms with E-state index in [-0.39, 0.29) is 25.9 Å². The topological polar surface area (TPSA) is 136 Å². The fraction of sp³-hybridized carbons (Fsp3) is 0.143. The molecule has 0 atom stereocenters. The lowest BCUT2D eigenvalue weighted by Crippen LogP contribution is -2.34. The molecule has 1 fully saturated rings. The maximum absolute atomic E-state index is 12.6. The number of rotatable bonds is 7. The van der Waals surface area contributed by atoms with E-state index in [0.717, 1.165) is 12.0 Å². The van der Waals surface area contributed by atoms with Crippen molar-refractivity contribution in [2.24, 2.45) is 0 Å². The van der Waals surface area contributed by atoms with E-state index in [2.05, 4.69) is 26.0 Å². The molecule has 0 bridgehead atoms. The Labute approximate surface area is 207 Å². The molecule has 13 heteroatoms. The molecule has 2 aromatic carbocycles. The number of esters is 1. The Hall–Kier alpha value is -3.16. The van der Waals surface area contributed by atoms with Crippen LogP contribution >= 0.6 is 27.7 Å². The van der Waals surface area contributed by atoms with Crippen LogP contribution in [-0.2, 0) is 29.2 Å². The standard InChI is InChI=1S/C21H17BrN2O8S2/c1-12(25)23-14-4-6-15(7-5-14)34(29,30)32-17-8-3-13(9-16(17)22)10-18-20(27)24(21(28)33-18)11-19(26)31-2/h3-10H,11H2,1-2H3,(H,23,25)/b18-10-. The zero-order chi connectivity index (χ0) is 25.0. The van der Waals surface area contributed by atoms with Gasteiger partial charge in [0.15, 0.2) is 5.75 Å². The van der Waals surface area contributed by atoms with Crippen molar-refractivity contribution in [1.82, 2.24) is 4.90 Å². The number of hydrogen-bond acceptors (Lipinski definition) is 9. The molecule has 0 unspecified atom stereocenters. The van der Waals surface area contributed by atoms with Crippen molar-refractivity contribution in [3.63, 3.8) is 0 Å². The van der Waals surface area contributed by atoms with E-state index in [1.54, 1.807) is 0 Å². The van der Waals surface area contributed by atoms with E-state index in [9.17, 15) is 27.6 Å². The van der Waals surface area contributed by atoms with Crippen molar-refractivity contribution in [2.75, 3.05) is 19.0 Å². The molecular formula is C21H17BrN2O8S2. The average Bonchev–Trinajstić information content (AvgIpc) is 3.02. The van der Waals surface area contributed by atoms with Crippen LogP contribution in [0.4, 0.5) is 10.5 Å². The number of methoxy groups -OCH3 is 1. The van der Waals surface area contributed by atoms with Gasteiger partial charge < -0.3 is 14.2 Å². The van der Waals surface area contributed by atoms with Gasteiger partial charge >= 0.3 is 16.1 Å². The molecule has 10 nitrogen and oxygen atoms in total. The molecule has 3 amide bonds. The number of carbonyl (C=O) groups excluding carboxylic acids is 4. The smallest absolute Gasteiger partial charge is 0.339 e. The van der Waals surface area contributed by atoms with Crippen LogP contribution in [0.1, 0.15) is 12.5 Å². The highest BCUT2D eigenvalue weighted by atomic mass is 79.9. The van der Waals surface area contributed by atoms with Gasteiger partial charge in [-0.05, 0) is 75.7 Å². The molecule has 1 aliphatic rings. The lowest BCUT2D eigenvalue weighted by Gasteiger charge is -2.10. The van der Waals surface area contributed by atoms with Crippen molar-refractivity contribution in [1.29, 1.82) is 0 Å². The summed E-state index contributed by atoms with van der Waals surface area (Å²) in [4.78, 5) is 47.7. The molecule has 3 rings (SSSR count). The number of hydrogen-bond donors (Lipinski definition) is 1. The van der Waals surface area contributed by atoms with E-state index < -0.39 is 33.8 Å².